The first-order valence-corrected chi connectivity index (χ1v) is 8.73. The maximum absolute atomic E-state index is 5.94. The van der Waals surface area contributed by atoms with Gasteiger partial charge in [0.2, 0.25) is 0 Å². The molecule has 20 heavy (non-hydrogen) atoms. The zero-order valence-corrected chi connectivity index (χ0v) is 14.5. The Balaban J connectivity index is 2.60. The van der Waals surface area contributed by atoms with E-state index in [1.807, 2.05) is 23.4 Å². The van der Waals surface area contributed by atoms with Crippen LogP contribution in [-0.2, 0) is 19.5 Å². The van der Waals surface area contributed by atoms with Crippen LogP contribution < -0.4 is 0 Å². The smallest absolute Gasteiger partial charge is 0.158 e. The van der Waals surface area contributed by atoms with Crippen molar-refractivity contribution in [2.45, 2.75) is 52.0 Å². The summed E-state index contributed by atoms with van der Waals surface area (Å²) in [5, 5.41) is 4.58. The summed E-state index contributed by atoms with van der Waals surface area (Å²) in [7, 11) is 0. The molecule has 0 spiro atoms. The van der Waals surface area contributed by atoms with Gasteiger partial charge in [-0.2, -0.15) is 16.9 Å². The quantitative estimate of drug-likeness (QED) is 0.766. The molecule has 0 unspecified atom stereocenters. The minimum Gasteiger partial charge on any atom is -0.311 e. The summed E-state index contributed by atoms with van der Waals surface area (Å²) in [6.07, 6.45) is 2.95. The van der Waals surface area contributed by atoms with Crippen molar-refractivity contribution in [1.29, 1.82) is 0 Å². The van der Waals surface area contributed by atoms with Crippen molar-refractivity contribution in [3.63, 3.8) is 0 Å². The first-order valence-electron chi connectivity index (χ1n) is 6.97. The van der Waals surface area contributed by atoms with E-state index in [1.165, 1.54) is 0 Å². The van der Waals surface area contributed by atoms with E-state index < -0.39 is 0 Å². The van der Waals surface area contributed by atoms with Gasteiger partial charge in [-0.05, 0) is 34.0 Å². The lowest BCUT2D eigenvalue weighted by Crippen LogP contribution is -2.24. The Morgan fingerprint density at radius 2 is 2.05 bits per heavy atom. The number of rotatable bonds is 6. The molecule has 0 atom stereocenters. The number of aromatic nitrogens is 4. The van der Waals surface area contributed by atoms with Crippen molar-refractivity contribution < 1.29 is 0 Å². The van der Waals surface area contributed by atoms with Crippen LogP contribution in [0.25, 0.3) is 11.2 Å². The van der Waals surface area contributed by atoms with E-state index in [-0.39, 0.29) is 4.75 Å². The maximum atomic E-state index is 5.94. The van der Waals surface area contributed by atoms with Crippen molar-refractivity contribution in [2.75, 3.05) is 12.1 Å². The number of thioether (sulfide) groups is 1. The second-order valence-corrected chi connectivity index (χ2v) is 7.48. The SMILES string of the molecule is CCn1nc(C)c2nc(CCCl)n(CC(C)(C)SC)c21. The summed E-state index contributed by atoms with van der Waals surface area (Å²) in [5.74, 6) is 1.66. The molecule has 2 rings (SSSR count). The number of halogens is 1. The van der Waals surface area contributed by atoms with E-state index in [4.69, 9.17) is 16.6 Å². The van der Waals surface area contributed by atoms with Gasteiger partial charge in [-0.1, -0.05) is 0 Å². The van der Waals surface area contributed by atoms with Crippen molar-refractivity contribution >= 4 is 34.5 Å². The predicted octanol–water partition coefficient (Wildman–Crippen LogP) is 3.48. The fourth-order valence-electron chi connectivity index (χ4n) is 2.38. The van der Waals surface area contributed by atoms with Gasteiger partial charge in [0, 0.05) is 30.1 Å². The van der Waals surface area contributed by atoms with Crippen LogP contribution in [0.5, 0.6) is 0 Å². The molecule has 6 heteroatoms. The number of aryl methyl sites for hydroxylation is 3. The number of nitrogens with zero attached hydrogens (tertiary/aromatic N) is 4. The average molecular weight is 315 g/mol. The van der Waals surface area contributed by atoms with E-state index >= 15 is 0 Å². The average Bonchev–Trinajstić information content (AvgIpc) is 2.90. The van der Waals surface area contributed by atoms with E-state index in [2.05, 4.69) is 36.7 Å². The molecule has 0 amide bonds. The molecule has 4 nitrogen and oxygen atoms in total. The minimum absolute atomic E-state index is 0.158. The molecule has 0 bridgehead atoms. The Morgan fingerprint density at radius 3 is 2.60 bits per heavy atom. The van der Waals surface area contributed by atoms with Gasteiger partial charge in [-0.25, -0.2) is 9.67 Å². The Kier molecular flexibility index (Phi) is 4.69. The molecule has 0 fully saturated rings. The van der Waals surface area contributed by atoms with Crippen LogP contribution in [0.3, 0.4) is 0 Å². The lowest BCUT2D eigenvalue weighted by atomic mass is 10.2. The molecule has 0 saturated carbocycles. The van der Waals surface area contributed by atoms with Gasteiger partial charge in [-0.15, -0.1) is 11.6 Å². The molecule has 2 aromatic heterocycles. The number of alkyl halides is 1. The maximum Gasteiger partial charge on any atom is 0.158 e. The summed E-state index contributed by atoms with van der Waals surface area (Å²) >= 11 is 7.81. The van der Waals surface area contributed by atoms with Crippen molar-refractivity contribution in [2.24, 2.45) is 0 Å². The van der Waals surface area contributed by atoms with Crippen LogP contribution in [0.4, 0.5) is 0 Å². The highest BCUT2D eigenvalue weighted by Crippen LogP contribution is 2.28. The second kappa shape index (κ2) is 5.98. The van der Waals surface area contributed by atoms with E-state index in [0.717, 1.165) is 42.2 Å². The lowest BCUT2D eigenvalue weighted by molar-refractivity contribution is 0.541. The lowest BCUT2D eigenvalue weighted by Gasteiger charge is -2.24. The number of hydrogen-bond donors (Lipinski definition) is 0. The molecule has 0 aliphatic carbocycles. The third-order valence-corrected chi connectivity index (χ3v) is 5.01. The Hall–Kier alpha value is -0.680. The zero-order chi connectivity index (χ0) is 14.9. The van der Waals surface area contributed by atoms with Gasteiger partial charge in [0.15, 0.2) is 5.65 Å². The third-order valence-electron chi connectivity index (χ3n) is 3.59. The first kappa shape index (κ1) is 15.7. The zero-order valence-electron chi connectivity index (χ0n) is 12.9. The van der Waals surface area contributed by atoms with E-state index in [1.54, 1.807) is 0 Å². The number of fused-ring (bicyclic) bond motifs is 1. The molecule has 0 aliphatic heterocycles. The molecule has 112 valence electrons. The van der Waals surface area contributed by atoms with Crippen LogP contribution in [0.15, 0.2) is 0 Å². The molecule has 0 aliphatic rings. The Labute approximate surface area is 129 Å². The van der Waals surface area contributed by atoms with Gasteiger partial charge < -0.3 is 4.57 Å². The molecule has 2 heterocycles. The molecule has 0 radical (unpaired) electrons. The molecule has 0 saturated heterocycles. The van der Waals surface area contributed by atoms with E-state index in [0.29, 0.717) is 5.88 Å². The van der Waals surface area contributed by atoms with Crippen LogP contribution in [0.1, 0.15) is 32.3 Å². The Morgan fingerprint density at radius 1 is 1.35 bits per heavy atom. The van der Waals surface area contributed by atoms with Gasteiger partial charge in [0.05, 0.1) is 5.69 Å². The van der Waals surface area contributed by atoms with Crippen LogP contribution in [0.2, 0.25) is 0 Å². The summed E-state index contributed by atoms with van der Waals surface area (Å²) in [6.45, 7) is 10.4. The first-order chi connectivity index (χ1) is 9.43. The topological polar surface area (TPSA) is 35.6 Å². The third kappa shape index (κ3) is 2.84. The molecular formula is C14H23ClN4S. The van der Waals surface area contributed by atoms with E-state index in [9.17, 15) is 0 Å². The summed E-state index contributed by atoms with van der Waals surface area (Å²) in [6, 6.07) is 0. The summed E-state index contributed by atoms with van der Waals surface area (Å²) in [4.78, 5) is 4.77. The monoisotopic (exact) mass is 314 g/mol. The fourth-order valence-corrected chi connectivity index (χ4v) is 2.80. The number of imidazole rings is 1. The molecule has 0 aromatic carbocycles. The fraction of sp³-hybridized carbons (Fsp3) is 0.714. The van der Waals surface area contributed by atoms with Gasteiger partial charge >= 0.3 is 0 Å². The van der Waals surface area contributed by atoms with Gasteiger partial charge in [0.1, 0.15) is 11.3 Å². The number of hydrogen-bond acceptors (Lipinski definition) is 3. The highest BCUT2D eigenvalue weighted by molar-refractivity contribution is 7.99. The highest BCUT2D eigenvalue weighted by atomic mass is 35.5. The molecular weight excluding hydrogens is 292 g/mol. The second-order valence-electron chi connectivity index (χ2n) is 5.59. The van der Waals surface area contributed by atoms with Crippen molar-refractivity contribution in [1.82, 2.24) is 19.3 Å². The van der Waals surface area contributed by atoms with Crippen molar-refractivity contribution in [3.8, 4) is 0 Å². The van der Waals surface area contributed by atoms with Crippen LogP contribution in [-0.4, -0.2) is 36.2 Å². The van der Waals surface area contributed by atoms with Crippen LogP contribution >= 0.6 is 23.4 Å². The van der Waals surface area contributed by atoms with Crippen LogP contribution in [0, 0.1) is 6.92 Å². The Bertz CT molecular complexity index is 600. The largest absolute Gasteiger partial charge is 0.311 e. The minimum atomic E-state index is 0.158. The summed E-state index contributed by atoms with van der Waals surface area (Å²) < 4.78 is 4.51. The normalized spacial score (nSPS) is 12.5. The predicted molar refractivity (Wildman–Crippen MR) is 87.9 cm³/mol. The standard InChI is InChI=1S/C14H23ClN4S/c1-6-19-13-12(10(2)17-19)16-11(7-8-15)18(13)9-14(3,4)20-5/h6-9H2,1-5H3. The van der Waals surface area contributed by atoms with Gasteiger partial charge in [0.25, 0.3) is 0 Å². The molecule has 0 N–H and O–H groups in total. The van der Waals surface area contributed by atoms with Gasteiger partial charge in [-0.3, -0.25) is 0 Å². The van der Waals surface area contributed by atoms with Crippen molar-refractivity contribution in [3.05, 3.63) is 11.5 Å². The summed E-state index contributed by atoms with van der Waals surface area (Å²) in [5.41, 5.74) is 3.15. The highest BCUT2D eigenvalue weighted by Gasteiger charge is 2.24. The molecule has 2 aromatic rings.